The number of nitrogens with zero attached hydrogens (tertiary/aromatic N) is 2. The highest BCUT2D eigenvalue weighted by Crippen LogP contribution is 2.42. The van der Waals surface area contributed by atoms with E-state index in [0.29, 0.717) is 5.82 Å². The van der Waals surface area contributed by atoms with E-state index < -0.39 is 0 Å². The van der Waals surface area contributed by atoms with Gasteiger partial charge in [0.1, 0.15) is 11.2 Å². The van der Waals surface area contributed by atoms with Crippen LogP contribution in [0, 0.1) is 0 Å². The molecule has 1 aliphatic carbocycles. The Labute approximate surface area is 295 Å². The van der Waals surface area contributed by atoms with Crippen molar-refractivity contribution in [2.75, 3.05) is 0 Å². The fraction of sp³-hybridized carbons (Fsp3) is 0.0417. The summed E-state index contributed by atoms with van der Waals surface area (Å²) in [6.07, 6.45) is 8.73. The van der Waals surface area contributed by atoms with E-state index in [-0.39, 0.29) is 0 Å². The summed E-state index contributed by atoms with van der Waals surface area (Å²) in [5, 5.41) is 7.09. The molecule has 0 saturated carbocycles. The number of rotatable bonds is 5. The summed E-state index contributed by atoms with van der Waals surface area (Å²) in [7, 11) is 0. The maximum Gasteiger partial charge on any atom is 0.160 e. The van der Waals surface area contributed by atoms with Gasteiger partial charge in [-0.15, -0.1) is 0 Å². The van der Waals surface area contributed by atoms with Crippen LogP contribution in [0.4, 0.5) is 0 Å². The second-order valence-electron chi connectivity index (χ2n) is 13.3. The lowest BCUT2D eigenvalue weighted by molar-refractivity contribution is 0.672. The summed E-state index contributed by atoms with van der Waals surface area (Å²) in [4.78, 5) is 10.2. The molecule has 10 rings (SSSR count). The van der Waals surface area contributed by atoms with Gasteiger partial charge in [0.15, 0.2) is 5.82 Å². The standard InChI is InChI=1S/C48H32N2O/c1-3-12-33(13-4-1)42-28-38-17-9-10-18-40(38)47-46(42)41-26-25-39(29-45(41)51-47)44-30-43(49-48(50-44)35-14-5-2-6-15-35)34-22-19-32(20-23-34)37-24-21-31-11-7-8-16-36(31)27-37/h1-3,5-12,14-30H,4,13H2. The largest absolute Gasteiger partial charge is 0.455 e. The molecule has 1 aliphatic rings. The smallest absolute Gasteiger partial charge is 0.160 e. The fourth-order valence-corrected chi connectivity index (χ4v) is 7.51. The summed E-state index contributed by atoms with van der Waals surface area (Å²) in [6.45, 7) is 0. The van der Waals surface area contributed by atoms with Crippen molar-refractivity contribution in [2.45, 2.75) is 12.8 Å². The van der Waals surface area contributed by atoms with E-state index in [9.17, 15) is 0 Å². The first-order chi connectivity index (χ1) is 25.2. The van der Waals surface area contributed by atoms with Crippen LogP contribution in [0.25, 0.3) is 94.1 Å². The molecule has 0 aliphatic heterocycles. The molecule has 0 radical (unpaired) electrons. The minimum absolute atomic E-state index is 0.692. The van der Waals surface area contributed by atoms with Crippen LogP contribution in [-0.2, 0) is 0 Å². The van der Waals surface area contributed by atoms with E-state index in [2.05, 4.69) is 152 Å². The minimum atomic E-state index is 0.692. The van der Waals surface area contributed by atoms with Crippen molar-refractivity contribution >= 4 is 49.1 Å². The Morgan fingerprint density at radius 3 is 2.02 bits per heavy atom. The summed E-state index contributed by atoms with van der Waals surface area (Å²) in [5.74, 6) is 0.692. The van der Waals surface area contributed by atoms with Crippen molar-refractivity contribution in [2.24, 2.45) is 0 Å². The molecule has 0 unspecified atom stereocenters. The van der Waals surface area contributed by atoms with Gasteiger partial charge >= 0.3 is 0 Å². The van der Waals surface area contributed by atoms with Gasteiger partial charge in [-0.3, -0.25) is 0 Å². The molecule has 9 aromatic rings. The monoisotopic (exact) mass is 652 g/mol. The number of fused-ring (bicyclic) bond motifs is 6. The zero-order chi connectivity index (χ0) is 33.7. The third-order valence-electron chi connectivity index (χ3n) is 10.1. The number of hydrogen-bond acceptors (Lipinski definition) is 3. The number of benzene rings is 7. The van der Waals surface area contributed by atoms with Gasteiger partial charge in [-0.25, -0.2) is 9.97 Å². The Morgan fingerprint density at radius 2 is 1.20 bits per heavy atom. The van der Waals surface area contributed by atoms with Gasteiger partial charge in [0.2, 0.25) is 0 Å². The Hall–Kier alpha value is -6.58. The summed E-state index contributed by atoms with van der Waals surface area (Å²) in [6, 6.07) is 53.5. The SMILES string of the molecule is C1=CCCC(c2cc3ccccc3c3oc4cc(-c5cc(-c6ccc(-c7ccc8ccccc8c7)cc6)nc(-c6ccccc6)n5)ccc4c23)=C1. The Balaban J connectivity index is 1.11. The van der Waals surface area contributed by atoms with E-state index in [4.69, 9.17) is 14.4 Å². The molecule has 0 bridgehead atoms. The van der Waals surface area contributed by atoms with Crippen LogP contribution in [0.3, 0.4) is 0 Å². The number of aromatic nitrogens is 2. The van der Waals surface area contributed by atoms with Gasteiger partial charge in [0.25, 0.3) is 0 Å². The third-order valence-corrected chi connectivity index (χ3v) is 10.1. The fourth-order valence-electron chi connectivity index (χ4n) is 7.51. The van der Waals surface area contributed by atoms with Crippen molar-refractivity contribution < 1.29 is 4.42 Å². The topological polar surface area (TPSA) is 38.9 Å². The summed E-state index contributed by atoms with van der Waals surface area (Å²) in [5.41, 5.74) is 11.5. The molecule has 0 atom stereocenters. The zero-order valence-corrected chi connectivity index (χ0v) is 27.9. The van der Waals surface area contributed by atoms with Crippen LogP contribution in [-0.4, -0.2) is 9.97 Å². The van der Waals surface area contributed by atoms with Crippen LogP contribution in [0.2, 0.25) is 0 Å². The van der Waals surface area contributed by atoms with E-state index in [1.54, 1.807) is 0 Å². The number of furan rings is 1. The maximum absolute atomic E-state index is 6.78. The number of allylic oxidation sites excluding steroid dienone is 4. The summed E-state index contributed by atoms with van der Waals surface area (Å²) >= 11 is 0. The Bertz CT molecular complexity index is 2840. The third kappa shape index (κ3) is 5.22. The quantitative estimate of drug-likeness (QED) is 0.186. The van der Waals surface area contributed by atoms with Crippen LogP contribution in [0.5, 0.6) is 0 Å². The van der Waals surface area contributed by atoms with E-state index in [1.807, 2.05) is 18.2 Å². The molecule has 0 amide bonds. The molecule has 2 aromatic heterocycles. The molecule has 0 N–H and O–H groups in total. The molecule has 3 heteroatoms. The highest BCUT2D eigenvalue weighted by Gasteiger charge is 2.19. The predicted octanol–water partition coefficient (Wildman–Crippen LogP) is 13.1. The molecule has 2 heterocycles. The van der Waals surface area contributed by atoms with Crippen molar-refractivity contribution in [1.82, 2.24) is 9.97 Å². The Kier molecular flexibility index (Phi) is 6.95. The second kappa shape index (κ2) is 12.1. The first kappa shape index (κ1) is 29.3. The lowest BCUT2D eigenvalue weighted by Gasteiger charge is -2.12. The average Bonchev–Trinajstić information content (AvgIpc) is 3.60. The highest BCUT2D eigenvalue weighted by molar-refractivity contribution is 6.19. The molecule has 240 valence electrons. The lowest BCUT2D eigenvalue weighted by Crippen LogP contribution is -1.96. The van der Waals surface area contributed by atoms with Crippen molar-refractivity contribution in [1.29, 1.82) is 0 Å². The predicted molar refractivity (Wildman–Crippen MR) is 212 cm³/mol. The van der Waals surface area contributed by atoms with E-state index in [0.717, 1.165) is 62.9 Å². The van der Waals surface area contributed by atoms with Crippen molar-refractivity contribution in [3.8, 4) is 45.0 Å². The van der Waals surface area contributed by atoms with Crippen molar-refractivity contribution in [3.63, 3.8) is 0 Å². The lowest BCUT2D eigenvalue weighted by atomic mass is 9.91. The minimum Gasteiger partial charge on any atom is -0.455 e. The average molecular weight is 653 g/mol. The van der Waals surface area contributed by atoms with Crippen LogP contribution in [0.1, 0.15) is 18.4 Å². The molecule has 3 nitrogen and oxygen atoms in total. The maximum atomic E-state index is 6.78. The Morgan fingerprint density at radius 1 is 0.490 bits per heavy atom. The van der Waals surface area contributed by atoms with E-state index >= 15 is 0 Å². The highest BCUT2D eigenvalue weighted by atomic mass is 16.3. The van der Waals surface area contributed by atoms with Gasteiger partial charge in [0, 0.05) is 32.8 Å². The van der Waals surface area contributed by atoms with Gasteiger partial charge < -0.3 is 4.42 Å². The molecular weight excluding hydrogens is 621 g/mol. The van der Waals surface area contributed by atoms with Gasteiger partial charge in [-0.05, 0) is 81.6 Å². The molecule has 0 saturated heterocycles. The van der Waals surface area contributed by atoms with Crippen LogP contribution < -0.4 is 0 Å². The van der Waals surface area contributed by atoms with Crippen LogP contribution in [0.15, 0.2) is 174 Å². The zero-order valence-electron chi connectivity index (χ0n) is 27.9. The first-order valence-electron chi connectivity index (χ1n) is 17.5. The molecule has 51 heavy (non-hydrogen) atoms. The van der Waals surface area contributed by atoms with Gasteiger partial charge in [0.05, 0.1) is 11.4 Å². The number of hydrogen-bond donors (Lipinski definition) is 0. The molecule has 7 aromatic carbocycles. The molecule has 0 fully saturated rings. The van der Waals surface area contributed by atoms with Gasteiger partial charge in [-0.2, -0.15) is 0 Å². The second-order valence-corrected chi connectivity index (χ2v) is 13.3. The van der Waals surface area contributed by atoms with Crippen molar-refractivity contribution in [3.05, 3.63) is 175 Å². The van der Waals surface area contributed by atoms with Gasteiger partial charge in [-0.1, -0.05) is 140 Å². The van der Waals surface area contributed by atoms with E-state index in [1.165, 1.54) is 43.8 Å². The summed E-state index contributed by atoms with van der Waals surface area (Å²) < 4.78 is 6.78. The molecule has 0 spiro atoms. The van der Waals surface area contributed by atoms with Crippen LogP contribution >= 0.6 is 0 Å². The normalized spacial score (nSPS) is 13.0. The first-order valence-corrected chi connectivity index (χ1v) is 17.5. The molecular formula is C48H32N2O.